The number of carboxylic acids is 1. The first-order chi connectivity index (χ1) is 10.6. The second kappa shape index (κ2) is 8.37. The highest BCUT2D eigenvalue weighted by atomic mass is 16.4. The molecule has 3 heteroatoms. The Kier molecular flexibility index (Phi) is 7.11. The van der Waals surface area contributed by atoms with Crippen LogP contribution >= 0.6 is 0 Å². The fourth-order valence-electron chi connectivity index (χ4n) is 2.81. The molecule has 1 aromatic rings. The van der Waals surface area contributed by atoms with Gasteiger partial charge in [-0.15, -0.1) is 0 Å². The molecule has 0 atom stereocenters. The van der Waals surface area contributed by atoms with E-state index < -0.39 is 5.97 Å². The Morgan fingerprint density at radius 3 is 2.22 bits per heavy atom. The fourth-order valence-corrected chi connectivity index (χ4v) is 2.81. The number of carboxylic acid groups (broad SMARTS) is 1. The van der Waals surface area contributed by atoms with Gasteiger partial charge in [-0.25, -0.2) is 4.79 Å². The van der Waals surface area contributed by atoms with Gasteiger partial charge in [-0.05, 0) is 35.8 Å². The van der Waals surface area contributed by atoms with E-state index in [1.165, 1.54) is 25.7 Å². The molecular weight excluding hydrogens is 288 g/mol. The van der Waals surface area contributed by atoms with E-state index in [1.54, 1.807) is 6.07 Å². The number of benzene rings is 1. The molecule has 0 saturated heterocycles. The number of hydrogen-bond acceptors (Lipinski definition) is 2. The molecule has 2 N–H and O–H groups in total. The lowest BCUT2D eigenvalue weighted by Gasteiger charge is -2.22. The van der Waals surface area contributed by atoms with E-state index in [0.717, 1.165) is 24.3 Å². The number of hydrogen-bond donors (Lipinski definition) is 2. The lowest BCUT2D eigenvalue weighted by Crippen LogP contribution is -2.14. The molecule has 3 nitrogen and oxygen atoms in total. The first-order valence-corrected chi connectivity index (χ1v) is 8.72. The van der Waals surface area contributed by atoms with E-state index in [4.69, 9.17) is 0 Å². The van der Waals surface area contributed by atoms with Gasteiger partial charge in [-0.1, -0.05) is 66.4 Å². The van der Waals surface area contributed by atoms with Crippen molar-refractivity contribution in [2.45, 2.75) is 78.6 Å². The highest BCUT2D eigenvalue weighted by Crippen LogP contribution is 2.35. The number of aromatic hydroxyl groups is 1. The Balaban J connectivity index is 2.75. The van der Waals surface area contributed by atoms with Crippen molar-refractivity contribution in [1.82, 2.24) is 0 Å². The van der Waals surface area contributed by atoms with Crippen molar-refractivity contribution < 1.29 is 15.0 Å². The van der Waals surface area contributed by atoms with Gasteiger partial charge in [0, 0.05) is 5.56 Å². The summed E-state index contributed by atoms with van der Waals surface area (Å²) < 4.78 is 0. The normalized spacial score (nSPS) is 11.9. The molecule has 1 aromatic carbocycles. The van der Waals surface area contributed by atoms with Crippen molar-refractivity contribution in [3.05, 3.63) is 28.8 Å². The lowest BCUT2D eigenvalue weighted by molar-refractivity contribution is 0.0693. The zero-order valence-corrected chi connectivity index (χ0v) is 15.3. The maximum Gasteiger partial charge on any atom is 0.339 e. The number of aromatic carboxylic acids is 1. The van der Waals surface area contributed by atoms with Gasteiger partial charge in [0.15, 0.2) is 0 Å². The minimum absolute atomic E-state index is 0.0206. The molecule has 0 aliphatic heterocycles. The lowest BCUT2D eigenvalue weighted by atomic mass is 9.83. The summed E-state index contributed by atoms with van der Waals surface area (Å²) in [5.74, 6) is -0.392. The highest BCUT2D eigenvalue weighted by Gasteiger charge is 2.23. The van der Waals surface area contributed by atoms with Crippen molar-refractivity contribution in [1.29, 1.82) is 0 Å². The monoisotopic (exact) mass is 320 g/mol. The van der Waals surface area contributed by atoms with E-state index in [-0.39, 0.29) is 16.7 Å². The van der Waals surface area contributed by atoms with Gasteiger partial charge in [0.1, 0.15) is 11.3 Å². The van der Waals surface area contributed by atoms with E-state index in [2.05, 4.69) is 13.8 Å². The SMILES string of the molecule is CC(C)CCCCCCc1cc(C(=O)O)c(O)c(C(C)(C)C)c1. The number of rotatable bonds is 8. The third kappa shape index (κ3) is 6.25. The molecule has 1 rings (SSSR count). The third-order valence-corrected chi connectivity index (χ3v) is 4.21. The van der Waals surface area contributed by atoms with Gasteiger partial charge in [-0.2, -0.15) is 0 Å². The second-order valence-corrected chi connectivity index (χ2v) is 7.94. The van der Waals surface area contributed by atoms with Crippen molar-refractivity contribution in [2.75, 3.05) is 0 Å². The molecule has 0 aliphatic rings. The predicted octanol–water partition coefficient (Wildman–Crippen LogP) is 5.54. The average Bonchev–Trinajstić information content (AvgIpc) is 2.42. The molecule has 0 spiro atoms. The molecule has 0 aliphatic carbocycles. The summed E-state index contributed by atoms with van der Waals surface area (Å²) in [5.41, 5.74) is 1.47. The number of phenols is 1. The number of unbranched alkanes of at least 4 members (excludes halogenated alkanes) is 3. The molecule has 0 fully saturated rings. The molecule has 0 aromatic heterocycles. The van der Waals surface area contributed by atoms with Gasteiger partial charge in [-0.3, -0.25) is 0 Å². The maximum atomic E-state index is 11.4. The van der Waals surface area contributed by atoms with Crippen LogP contribution in [0.4, 0.5) is 0 Å². The standard InChI is InChI=1S/C20H32O3/c1-14(2)10-8-6-7-9-11-15-12-16(19(22)23)18(21)17(13-15)20(3,4)5/h12-14,21H,6-11H2,1-5H3,(H,22,23). The van der Waals surface area contributed by atoms with Crippen LogP contribution in [0, 0.1) is 5.92 Å². The Hall–Kier alpha value is -1.51. The Morgan fingerprint density at radius 2 is 1.70 bits per heavy atom. The van der Waals surface area contributed by atoms with E-state index >= 15 is 0 Å². The van der Waals surface area contributed by atoms with Crippen LogP contribution in [0.5, 0.6) is 5.75 Å². The van der Waals surface area contributed by atoms with Crippen molar-refractivity contribution in [3.8, 4) is 5.75 Å². The molecule has 0 saturated carbocycles. The first-order valence-electron chi connectivity index (χ1n) is 8.72. The van der Waals surface area contributed by atoms with E-state index in [0.29, 0.717) is 5.56 Å². The van der Waals surface area contributed by atoms with Crippen LogP contribution in [-0.2, 0) is 11.8 Å². The molecule has 0 amide bonds. The van der Waals surface area contributed by atoms with Crippen LogP contribution in [0.2, 0.25) is 0 Å². The summed E-state index contributed by atoms with van der Waals surface area (Å²) in [4.78, 5) is 11.4. The summed E-state index contributed by atoms with van der Waals surface area (Å²) >= 11 is 0. The van der Waals surface area contributed by atoms with E-state index in [9.17, 15) is 15.0 Å². The molecule has 0 unspecified atom stereocenters. The molecule has 0 radical (unpaired) electrons. The van der Waals surface area contributed by atoms with Crippen LogP contribution in [0.3, 0.4) is 0 Å². The molecule has 0 bridgehead atoms. The van der Waals surface area contributed by atoms with Gasteiger partial charge >= 0.3 is 5.97 Å². The van der Waals surface area contributed by atoms with Crippen LogP contribution in [-0.4, -0.2) is 16.2 Å². The predicted molar refractivity (Wildman–Crippen MR) is 95.4 cm³/mol. The smallest absolute Gasteiger partial charge is 0.339 e. The van der Waals surface area contributed by atoms with Crippen molar-refractivity contribution in [3.63, 3.8) is 0 Å². The minimum atomic E-state index is -1.06. The van der Waals surface area contributed by atoms with Gasteiger partial charge in [0.05, 0.1) is 0 Å². The molecular formula is C20H32O3. The quantitative estimate of drug-likeness (QED) is 0.618. The zero-order valence-electron chi connectivity index (χ0n) is 15.3. The van der Waals surface area contributed by atoms with Crippen LogP contribution in [0.25, 0.3) is 0 Å². The Bertz CT molecular complexity index is 524. The zero-order chi connectivity index (χ0) is 17.6. The summed E-state index contributed by atoms with van der Waals surface area (Å²) in [5, 5.41) is 19.5. The summed E-state index contributed by atoms with van der Waals surface area (Å²) in [6.45, 7) is 10.5. The summed E-state index contributed by atoms with van der Waals surface area (Å²) in [6, 6.07) is 3.59. The second-order valence-electron chi connectivity index (χ2n) is 7.94. The summed E-state index contributed by atoms with van der Waals surface area (Å²) in [7, 11) is 0. The number of carbonyl (C=O) groups is 1. The average molecular weight is 320 g/mol. The largest absolute Gasteiger partial charge is 0.507 e. The minimum Gasteiger partial charge on any atom is -0.507 e. The fraction of sp³-hybridized carbons (Fsp3) is 0.650. The highest BCUT2D eigenvalue weighted by molar-refractivity contribution is 5.91. The molecule has 23 heavy (non-hydrogen) atoms. The maximum absolute atomic E-state index is 11.4. The molecule has 0 heterocycles. The first kappa shape index (κ1) is 19.5. The summed E-state index contributed by atoms with van der Waals surface area (Å²) in [6.07, 6.45) is 6.86. The Morgan fingerprint density at radius 1 is 1.09 bits per heavy atom. The van der Waals surface area contributed by atoms with Crippen LogP contribution in [0.15, 0.2) is 12.1 Å². The van der Waals surface area contributed by atoms with Gasteiger partial charge in [0.2, 0.25) is 0 Å². The van der Waals surface area contributed by atoms with E-state index in [1.807, 2.05) is 26.8 Å². The third-order valence-electron chi connectivity index (χ3n) is 4.21. The van der Waals surface area contributed by atoms with Crippen LogP contribution < -0.4 is 0 Å². The molecule has 130 valence electrons. The topological polar surface area (TPSA) is 57.5 Å². The van der Waals surface area contributed by atoms with Crippen LogP contribution in [0.1, 0.15) is 88.2 Å². The van der Waals surface area contributed by atoms with Gasteiger partial charge in [0.25, 0.3) is 0 Å². The number of aryl methyl sites for hydroxylation is 1. The van der Waals surface area contributed by atoms with Crippen molar-refractivity contribution in [2.24, 2.45) is 5.92 Å². The van der Waals surface area contributed by atoms with Gasteiger partial charge < -0.3 is 10.2 Å². The van der Waals surface area contributed by atoms with Crippen molar-refractivity contribution >= 4 is 5.97 Å². The Labute approximate surface area is 140 Å².